The van der Waals surface area contributed by atoms with Crippen LogP contribution in [0, 0.1) is 0 Å². The summed E-state index contributed by atoms with van der Waals surface area (Å²) in [5.41, 5.74) is 0. The van der Waals surface area contributed by atoms with Crippen molar-refractivity contribution in [2.24, 2.45) is 0 Å². The highest BCUT2D eigenvalue weighted by Gasteiger charge is 2.09. The zero-order valence-corrected chi connectivity index (χ0v) is 11.2. The van der Waals surface area contributed by atoms with Crippen molar-refractivity contribution in [3.8, 4) is 0 Å². The fraction of sp³-hybridized carbons (Fsp3) is 1.00. The Morgan fingerprint density at radius 3 is 2.35 bits per heavy atom. The van der Waals surface area contributed by atoms with Crippen LogP contribution in [-0.2, 0) is 9.47 Å². The smallest absolute Gasteiger partial charge is 0.0897 e. The van der Waals surface area contributed by atoms with Crippen LogP contribution in [0.15, 0.2) is 0 Å². The van der Waals surface area contributed by atoms with Crippen LogP contribution in [0.5, 0.6) is 0 Å². The molecule has 5 nitrogen and oxygen atoms in total. The Kier molecular flexibility index (Phi) is 10.8. The van der Waals surface area contributed by atoms with Crippen LogP contribution in [-0.4, -0.2) is 61.4 Å². The van der Waals surface area contributed by atoms with Gasteiger partial charge < -0.3 is 25.0 Å². The van der Waals surface area contributed by atoms with Crippen LogP contribution < -0.4 is 5.32 Å². The number of ether oxygens (including phenoxy) is 2. The van der Waals surface area contributed by atoms with Gasteiger partial charge in [0.25, 0.3) is 0 Å². The van der Waals surface area contributed by atoms with Crippen molar-refractivity contribution in [3.05, 3.63) is 0 Å². The van der Waals surface area contributed by atoms with Gasteiger partial charge in [0.1, 0.15) is 0 Å². The summed E-state index contributed by atoms with van der Waals surface area (Å²) in [6, 6.07) is 0.188. The lowest BCUT2D eigenvalue weighted by Gasteiger charge is -2.18. The van der Waals surface area contributed by atoms with Crippen molar-refractivity contribution in [1.82, 2.24) is 5.32 Å². The van der Waals surface area contributed by atoms with Gasteiger partial charge in [0.15, 0.2) is 0 Å². The van der Waals surface area contributed by atoms with Gasteiger partial charge in [-0.15, -0.1) is 0 Å². The molecule has 0 rings (SSSR count). The van der Waals surface area contributed by atoms with Crippen LogP contribution in [0.2, 0.25) is 0 Å². The second-order valence-corrected chi connectivity index (χ2v) is 4.32. The summed E-state index contributed by atoms with van der Waals surface area (Å²) in [4.78, 5) is 0. The first-order valence-electron chi connectivity index (χ1n) is 6.31. The summed E-state index contributed by atoms with van der Waals surface area (Å²) in [5.74, 6) is 0. The monoisotopic (exact) mass is 249 g/mol. The van der Waals surface area contributed by atoms with Crippen LogP contribution in [0.3, 0.4) is 0 Å². The molecule has 0 spiro atoms. The van der Waals surface area contributed by atoms with Gasteiger partial charge in [0, 0.05) is 19.2 Å². The van der Waals surface area contributed by atoms with Gasteiger partial charge in [-0.2, -0.15) is 0 Å². The van der Waals surface area contributed by atoms with Crippen molar-refractivity contribution in [2.45, 2.75) is 45.4 Å². The third-order valence-corrected chi connectivity index (χ3v) is 2.28. The lowest BCUT2D eigenvalue weighted by molar-refractivity contribution is 0.00544. The van der Waals surface area contributed by atoms with Crippen LogP contribution >= 0.6 is 0 Å². The predicted molar refractivity (Wildman–Crippen MR) is 67.1 cm³/mol. The van der Waals surface area contributed by atoms with Crippen molar-refractivity contribution in [1.29, 1.82) is 0 Å². The highest BCUT2D eigenvalue weighted by molar-refractivity contribution is 4.67. The van der Waals surface area contributed by atoms with E-state index >= 15 is 0 Å². The van der Waals surface area contributed by atoms with Crippen LogP contribution in [0.4, 0.5) is 0 Å². The Morgan fingerprint density at radius 2 is 1.76 bits per heavy atom. The molecule has 0 aliphatic carbocycles. The van der Waals surface area contributed by atoms with E-state index in [4.69, 9.17) is 9.47 Å². The minimum Gasteiger partial charge on any atom is -0.393 e. The van der Waals surface area contributed by atoms with E-state index < -0.39 is 6.10 Å². The molecule has 3 atom stereocenters. The summed E-state index contributed by atoms with van der Waals surface area (Å²) in [6.45, 7) is 8.21. The fourth-order valence-electron chi connectivity index (χ4n) is 1.47. The van der Waals surface area contributed by atoms with E-state index in [9.17, 15) is 10.2 Å². The van der Waals surface area contributed by atoms with Gasteiger partial charge in [-0.25, -0.2) is 0 Å². The molecule has 0 saturated heterocycles. The maximum Gasteiger partial charge on any atom is 0.0897 e. The van der Waals surface area contributed by atoms with Crippen molar-refractivity contribution in [3.63, 3.8) is 0 Å². The number of nitrogens with one attached hydrogen (secondary N) is 1. The zero-order valence-electron chi connectivity index (χ0n) is 11.2. The minimum atomic E-state index is -0.520. The summed E-state index contributed by atoms with van der Waals surface area (Å²) in [6.07, 6.45) is -0.164. The molecule has 104 valence electrons. The third kappa shape index (κ3) is 12.1. The first-order valence-corrected chi connectivity index (χ1v) is 6.31. The van der Waals surface area contributed by atoms with Crippen molar-refractivity contribution in [2.75, 3.05) is 33.0 Å². The third-order valence-electron chi connectivity index (χ3n) is 2.28. The van der Waals surface area contributed by atoms with Crippen molar-refractivity contribution < 1.29 is 19.7 Å². The molecule has 5 heteroatoms. The molecule has 0 aliphatic heterocycles. The molecule has 0 aromatic rings. The molecule has 0 bridgehead atoms. The lowest BCUT2D eigenvalue weighted by atomic mass is 10.1. The Morgan fingerprint density at radius 1 is 1.12 bits per heavy atom. The maximum atomic E-state index is 9.60. The summed E-state index contributed by atoms with van der Waals surface area (Å²) < 4.78 is 10.4. The van der Waals surface area contributed by atoms with Gasteiger partial charge >= 0.3 is 0 Å². The molecule has 3 N–H and O–H groups in total. The van der Waals surface area contributed by atoms with Crippen molar-refractivity contribution >= 4 is 0 Å². The largest absolute Gasteiger partial charge is 0.393 e. The number of hydrogen-bond acceptors (Lipinski definition) is 5. The molecule has 0 fully saturated rings. The van der Waals surface area contributed by atoms with E-state index in [-0.39, 0.29) is 12.1 Å². The number of aliphatic hydroxyl groups excluding tert-OH is 2. The van der Waals surface area contributed by atoms with Gasteiger partial charge in [0.05, 0.1) is 32.0 Å². The lowest BCUT2D eigenvalue weighted by Crippen LogP contribution is -2.37. The molecule has 17 heavy (non-hydrogen) atoms. The molecule has 0 heterocycles. The molecule has 0 amide bonds. The van der Waals surface area contributed by atoms with E-state index in [0.717, 1.165) is 0 Å². The number of rotatable bonds is 11. The summed E-state index contributed by atoms with van der Waals surface area (Å²) in [5, 5.41) is 21.9. The second-order valence-electron chi connectivity index (χ2n) is 4.32. The maximum absolute atomic E-state index is 9.60. The van der Waals surface area contributed by atoms with E-state index in [1.165, 1.54) is 0 Å². The summed E-state index contributed by atoms with van der Waals surface area (Å²) >= 11 is 0. The Hall–Kier alpha value is -0.200. The van der Waals surface area contributed by atoms with E-state index in [1.807, 2.05) is 13.8 Å². The van der Waals surface area contributed by atoms with E-state index in [1.54, 1.807) is 6.92 Å². The van der Waals surface area contributed by atoms with Crippen LogP contribution in [0.25, 0.3) is 0 Å². The molecular weight excluding hydrogens is 222 g/mol. The van der Waals surface area contributed by atoms with Gasteiger partial charge in [-0.1, -0.05) is 0 Å². The minimum absolute atomic E-state index is 0.188. The average molecular weight is 249 g/mol. The molecule has 0 aliphatic rings. The SMILES string of the molecule is CCOCCOCC(O)CNC(C)CC(C)O. The second kappa shape index (κ2) is 10.9. The quantitative estimate of drug-likeness (QED) is 0.455. The Bertz CT molecular complexity index is 167. The van der Waals surface area contributed by atoms with E-state index in [2.05, 4.69) is 5.32 Å². The Labute approximate surface area is 104 Å². The first kappa shape index (κ1) is 16.8. The predicted octanol–water partition coefficient (Wildman–Crippen LogP) is 0.149. The van der Waals surface area contributed by atoms with Gasteiger partial charge in [-0.3, -0.25) is 0 Å². The topological polar surface area (TPSA) is 71.0 Å². The molecular formula is C12H27NO4. The standard InChI is InChI=1S/C12H27NO4/c1-4-16-5-6-17-9-12(15)8-13-10(2)7-11(3)14/h10-15H,4-9H2,1-3H3. The normalized spacial score (nSPS) is 16.8. The van der Waals surface area contributed by atoms with Gasteiger partial charge in [-0.05, 0) is 27.2 Å². The highest BCUT2D eigenvalue weighted by atomic mass is 16.5. The molecule has 0 saturated carbocycles. The first-order chi connectivity index (χ1) is 8.06. The zero-order chi connectivity index (χ0) is 13.1. The number of aliphatic hydroxyl groups is 2. The summed E-state index contributed by atoms with van der Waals surface area (Å²) in [7, 11) is 0. The van der Waals surface area contributed by atoms with E-state index in [0.29, 0.717) is 39.4 Å². The Balaban J connectivity index is 3.36. The highest BCUT2D eigenvalue weighted by Crippen LogP contribution is 1.96. The molecule has 0 aromatic heterocycles. The fourth-order valence-corrected chi connectivity index (χ4v) is 1.47. The van der Waals surface area contributed by atoms with Gasteiger partial charge in [0.2, 0.25) is 0 Å². The van der Waals surface area contributed by atoms with Crippen LogP contribution in [0.1, 0.15) is 27.2 Å². The number of hydrogen-bond donors (Lipinski definition) is 3. The molecule has 3 unspecified atom stereocenters. The molecule has 0 radical (unpaired) electrons. The average Bonchev–Trinajstić information content (AvgIpc) is 2.25. The molecule has 0 aromatic carbocycles.